The number of aromatic nitrogens is 1. The number of likely N-dealkylation sites (N-methyl/N-ethyl adjacent to an activating group) is 1. The summed E-state index contributed by atoms with van der Waals surface area (Å²) < 4.78 is 0. The van der Waals surface area contributed by atoms with E-state index >= 15 is 0 Å². The number of rotatable bonds is 3. The van der Waals surface area contributed by atoms with E-state index in [0.29, 0.717) is 10.6 Å². The average Bonchev–Trinajstić information content (AvgIpc) is 3.06. The first-order valence-corrected chi connectivity index (χ1v) is 8.46. The molecule has 1 aliphatic rings. The molecule has 114 valence electrons. The van der Waals surface area contributed by atoms with Gasteiger partial charge < -0.3 is 4.90 Å². The highest BCUT2D eigenvalue weighted by atomic mass is 35.5. The summed E-state index contributed by atoms with van der Waals surface area (Å²) in [5.74, 6) is 0. The predicted octanol–water partition coefficient (Wildman–Crippen LogP) is 5.10. The van der Waals surface area contributed by atoms with Gasteiger partial charge in [-0.1, -0.05) is 29.8 Å². The van der Waals surface area contributed by atoms with Crippen molar-refractivity contribution in [3.63, 3.8) is 0 Å². The Balaban J connectivity index is 2.01. The summed E-state index contributed by atoms with van der Waals surface area (Å²) in [5.41, 5.74) is 3.33. The third kappa shape index (κ3) is 3.21. The molecule has 0 aliphatic carbocycles. The Bertz CT molecular complexity index is 838. The fourth-order valence-electron chi connectivity index (χ4n) is 2.34. The molecule has 0 spiro atoms. The monoisotopic (exact) mass is 339 g/mol. The Morgan fingerprint density at radius 3 is 2.78 bits per heavy atom. The van der Waals surface area contributed by atoms with Gasteiger partial charge in [-0.15, -0.1) is 11.3 Å². The fraction of sp³-hybridized carbons (Fsp3) is 0.111. The molecule has 1 aliphatic heterocycles. The van der Waals surface area contributed by atoms with Gasteiger partial charge in [0.2, 0.25) is 0 Å². The van der Waals surface area contributed by atoms with Gasteiger partial charge in [-0.05, 0) is 31.2 Å². The molecule has 2 heterocycles. The van der Waals surface area contributed by atoms with Crippen LogP contribution >= 0.6 is 22.9 Å². The minimum Gasteiger partial charge on any atom is -0.347 e. The number of allylic oxidation sites excluding steroid dienone is 4. The van der Waals surface area contributed by atoms with Gasteiger partial charge in [-0.3, -0.25) is 0 Å². The lowest BCUT2D eigenvalue weighted by atomic mass is 10.1. The number of halogens is 1. The first kappa shape index (κ1) is 15.5. The molecule has 0 saturated heterocycles. The Labute approximate surface area is 144 Å². The number of nitriles is 1. The zero-order chi connectivity index (χ0) is 16.2. The fourth-order valence-corrected chi connectivity index (χ4v) is 3.29. The molecule has 1 aromatic carbocycles. The molecule has 1 aromatic heterocycles. The summed E-state index contributed by atoms with van der Waals surface area (Å²) in [6.45, 7) is 2.86. The summed E-state index contributed by atoms with van der Waals surface area (Å²) >= 11 is 7.40. The van der Waals surface area contributed by atoms with Crippen molar-refractivity contribution >= 4 is 28.5 Å². The molecule has 5 heteroatoms. The molecule has 0 bridgehead atoms. The second-order valence-corrected chi connectivity index (χ2v) is 6.20. The molecule has 0 fully saturated rings. The lowest BCUT2D eigenvalue weighted by Crippen LogP contribution is -2.17. The van der Waals surface area contributed by atoms with Crippen molar-refractivity contribution in [2.24, 2.45) is 0 Å². The summed E-state index contributed by atoms with van der Waals surface area (Å²) in [7, 11) is 0. The lowest BCUT2D eigenvalue weighted by molar-refractivity contribution is 0.506. The second-order valence-electron chi connectivity index (χ2n) is 4.90. The van der Waals surface area contributed by atoms with Crippen LogP contribution < -0.4 is 0 Å². The van der Waals surface area contributed by atoms with Crippen molar-refractivity contribution in [1.82, 2.24) is 9.88 Å². The van der Waals surface area contributed by atoms with E-state index < -0.39 is 0 Å². The van der Waals surface area contributed by atoms with E-state index in [9.17, 15) is 5.26 Å². The van der Waals surface area contributed by atoms with E-state index in [1.54, 1.807) is 0 Å². The maximum atomic E-state index is 9.62. The zero-order valence-electron chi connectivity index (χ0n) is 12.5. The Hall–Kier alpha value is -2.35. The summed E-state index contributed by atoms with van der Waals surface area (Å²) in [6, 6.07) is 9.85. The van der Waals surface area contributed by atoms with Crippen LogP contribution in [-0.4, -0.2) is 16.4 Å². The summed E-state index contributed by atoms with van der Waals surface area (Å²) in [6.07, 6.45) is 7.82. The highest BCUT2D eigenvalue weighted by Gasteiger charge is 2.16. The number of nitrogens with zero attached hydrogens (tertiary/aromatic N) is 3. The smallest absolute Gasteiger partial charge is 0.136 e. The van der Waals surface area contributed by atoms with Crippen LogP contribution in [0.2, 0.25) is 5.02 Å². The molecule has 3 nitrogen and oxygen atoms in total. The van der Waals surface area contributed by atoms with Crippen LogP contribution in [0.3, 0.4) is 0 Å². The summed E-state index contributed by atoms with van der Waals surface area (Å²) in [5, 5.41) is 13.0. The Morgan fingerprint density at radius 2 is 2.09 bits per heavy atom. The highest BCUT2D eigenvalue weighted by molar-refractivity contribution is 7.11. The van der Waals surface area contributed by atoms with Crippen LogP contribution in [0.4, 0.5) is 0 Å². The standard InChI is InChI=1S/C18H14ClN3S/c1-2-22-10-4-3-5-17(22)15(11-20)18-21-16(12-23-18)13-6-8-14(19)9-7-13/h3-10,12H,2H2,1H3/b17-15+. The van der Waals surface area contributed by atoms with E-state index in [0.717, 1.165) is 28.5 Å². The third-order valence-electron chi connectivity index (χ3n) is 3.51. The van der Waals surface area contributed by atoms with Crippen molar-refractivity contribution in [3.8, 4) is 17.3 Å². The van der Waals surface area contributed by atoms with E-state index in [1.807, 2.05) is 59.0 Å². The number of benzene rings is 1. The van der Waals surface area contributed by atoms with Gasteiger partial charge in [-0.25, -0.2) is 4.98 Å². The Kier molecular flexibility index (Phi) is 4.61. The number of hydrogen-bond acceptors (Lipinski definition) is 4. The van der Waals surface area contributed by atoms with Crippen LogP contribution in [-0.2, 0) is 0 Å². The van der Waals surface area contributed by atoms with Crippen LogP contribution in [0.1, 0.15) is 11.9 Å². The molecule has 0 N–H and O–H groups in total. The lowest BCUT2D eigenvalue weighted by Gasteiger charge is -2.22. The van der Waals surface area contributed by atoms with Gasteiger partial charge in [0, 0.05) is 28.7 Å². The molecule has 23 heavy (non-hydrogen) atoms. The van der Waals surface area contributed by atoms with Crippen molar-refractivity contribution in [1.29, 1.82) is 5.26 Å². The molecule has 0 amide bonds. The second kappa shape index (κ2) is 6.82. The topological polar surface area (TPSA) is 39.9 Å². The molecular formula is C18H14ClN3S. The third-order valence-corrected chi connectivity index (χ3v) is 4.62. The van der Waals surface area contributed by atoms with E-state index in [1.165, 1.54) is 11.3 Å². The van der Waals surface area contributed by atoms with E-state index in [-0.39, 0.29) is 0 Å². The van der Waals surface area contributed by atoms with Crippen molar-refractivity contribution in [2.75, 3.05) is 6.54 Å². The van der Waals surface area contributed by atoms with Crippen LogP contribution in [0.5, 0.6) is 0 Å². The zero-order valence-corrected chi connectivity index (χ0v) is 14.1. The SMILES string of the molecule is CCN1C=CC=C/C1=C(/C#N)c1nc(-c2ccc(Cl)cc2)cs1. The van der Waals surface area contributed by atoms with Gasteiger partial charge >= 0.3 is 0 Å². The molecule has 0 saturated carbocycles. The summed E-state index contributed by atoms with van der Waals surface area (Å²) in [4.78, 5) is 6.68. The maximum absolute atomic E-state index is 9.62. The van der Waals surface area contributed by atoms with Gasteiger partial charge in [0.1, 0.15) is 16.6 Å². The van der Waals surface area contributed by atoms with Gasteiger partial charge in [0.25, 0.3) is 0 Å². The molecule has 0 radical (unpaired) electrons. The van der Waals surface area contributed by atoms with Gasteiger partial charge in [-0.2, -0.15) is 5.26 Å². The van der Waals surface area contributed by atoms with E-state index in [4.69, 9.17) is 11.6 Å². The van der Waals surface area contributed by atoms with Crippen molar-refractivity contribution in [3.05, 3.63) is 69.8 Å². The van der Waals surface area contributed by atoms with E-state index in [2.05, 4.69) is 18.0 Å². The quantitative estimate of drug-likeness (QED) is 0.730. The van der Waals surface area contributed by atoms with Crippen molar-refractivity contribution < 1.29 is 0 Å². The first-order chi connectivity index (χ1) is 11.2. The van der Waals surface area contributed by atoms with Gasteiger partial charge in [0.05, 0.1) is 11.4 Å². The van der Waals surface area contributed by atoms with Gasteiger partial charge in [0.15, 0.2) is 0 Å². The molecular weight excluding hydrogens is 326 g/mol. The maximum Gasteiger partial charge on any atom is 0.136 e. The highest BCUT2D eigenvalue weighted by Crippen LogP contribution is 2.30. The molecule has 0 unspecified atom stereocenters. The number of hydrogen-bond donors (Lipinski definition) is 0. The number of thiazole rings is 1. The Morgan fingerprint density at radius 1 is 1.30 bits per heavy atom. The van der Waals surface area contributed by atoms with Crippen LogP contribution in [0.25, 0.3) is 16.8 Å². The normalized spacial score (nSPS) is 15.6. The average molecular weight is 340 g/mol. The minimum absolute atomic E-state index is 0.595. The van der Waals surface area contributed by atoms with Crippen LogP contribution in [0.15, 0.2) is 59.8 Å². The molecule has 3 rings (SSSR count). The van der Waals surface area contributed by atoms with Crippen LogP contribution in [0, 0.1) is 11.3 Å². The van der Waals surface area contributed by atoms with Crippen molar-refractivity contribution in [2.45, 2.75) is 6.92 Å². The predicted molar refractivity (Wildman–Crippen MR) is 95.8 cm³/mol. The first-order valence-electron chi connectivity index (χ1n) is 7.20. The minimum atomic E-state index is 0.595. The molecule has 0 atom stereocenters. The largest absolute Gasteiger partial charge is 0.347 e. The molecule has 2 aromatic rings.